The Morgan fingerprint density at radius 1 is 1.03 bits per heavy atom. The van der Waals surface area contributed by atoms with Crippen LogP contribution in [-0.4, -0.2) is 42.0 Å². The molecule has 3 aromatic heterocycles. The molecule has 7 heteroatoms. The molecule has 1 aliphatic rings. The Balaban J connectivity index is 1.33. The van der Waals surface area contributed by atoms with Crippen molar-refractivity contribution in [3.05, 3.63) is 106 Å². The van der Waals surface area contributed by atoms with E-state index in [-0.39, 0.29) is 11.5 Å². The Labute approximate surface area is 231 Å². The van der Waals surface area contributed by atoms with Gasteiger partial charge in [0.1, 0.15) is 12.4 Å². The fraction of sp³-hybridized carbons (Fsp3) is 0.250. The maximum Gasteiger partial charge on any atom is 0.263 e. The van der Waals surface area contributed by atoms with E-state index in [0.717, 1.165) is 51.9 Å². The third kappa shape index (κ3) is 5.33. The number of hydrogen-bond donors (Lipinski definition) is 0. The zero-order valence-electron chi connectivity index (χ0n) is 21.8. The van der Waals surface area contributed by atoms with Crippen molar-refractivity contribution in [1.29, 1.82) is 0 Å². The summed E-state index contributed by atoms with van der Waals surface area (Å²) in [5.74, 6) is 1.24. The quantitative estimate of drug-likeness (QED) is 0.211. The zero-order chi connectivity index (χ0) is 26.8. The summed E-state index contributed by atoms with van der Waals surface area (Å²) < 4.78 is 13.8. The first-order valence-corrected chi connectivity index (χ1v) is 14.1. The highest BCUT2D eigenvalue weighted by atomic mass is 32.1. The van der Waals surface area contributed by atoms with Crippen LogP contribution in [0.5, 0.6) is 5.75 Å². The molecule has 1 amide bonds. The van der Waals surface area contributed by atoms with Crippen LogP contribution in [-0.2, 0) is 11.3 Å². The van der Waals surface area contributed by atoms with Gasteiger partial charge in [-0.05, 0) is 65.6 Å². The molecular weight excluding hydrogens is 508 g/mol. The third-order valence-corrected chi connectivity index (χ3v) is 8.17. The highest BCUT2D eigenvalue weighted by Crippen LogP contribution is 2.33. The lowest BCUT2D eigenvalue weighted by Crippen LogP contribution is -2.36. The summed E-state index contributed by atoms with van der Waals surface area (Å²) in [4.78, 5) is 29.4. The Morgan fingerprint density at radius 2 is 1.82 bits per heavy atom. The second kappa shape index (κ2) is 11.0. The average molecular weight is 539 g/mol. The first-order chi connectivity index (χ1) is 19.1. The van der Waals surface area contributed by atoms with E-state index in [1.807, 2.05) is 83.1 Å². The lowest BCUT2D eigenvalue weighted by atomic mass is 10.1. The summed E-state index contributed by atoms with van der Waals surface area (Å²) in [6, 6.07) is 23.4. The van der Waals surface area contributed by atoms with Gasteiger partial charge in [0.2, 0.25) is 0 Å². The molecule has 3 heterocycles. The average Bonchev–Trinajstić information content (AvgIpc) is 3.66. The van der Waals surface area contributed by atoms with E-state index in [9.17, 15) is 9.59 Å². The van der Waals surface area contributed by atoms with Gasteiger partial charge in [-0.15, -0.1) is 11.3 Å². The normalized spacial score (nSPS) is 13.2. The van der Waals surface area contributed by atoms with E-state index in [4.69, 9.17) is 9.47 Å². The van der Waals surface area contributed by atoms with E-state index < -0.39 is 0 Å². The summed E-state index contributed by atoms with van der Waals surface area (Å²) >= 11 is 1.55. The molecule has 39 heavy (non-hydrogen) atoms. The van der Waals surface area contributed by atoms with Gasteiger partial charge in [0.05, 0.1) is 22.4 Å². The number of carbonyl (C=O) groups excluding carboxylic acids is 1. The summed E-state index contributed by atoms with van der Waals surface area (Å²) in [6.45, 7) is 2.21. The molecule has 0 radical (unpaired) electrons. The predicted molar refractivity (Wildman–Crippen MR) is 156 cm³/mol. The molecule has 0 bridgehead atoms. The molecule has 198 valence electrons. The Bertz CT molecular complexity index is 1670. The topological polar surface area (TPSA) is 60.2 Å². The number of pyridine rings is 2. The fourth-order valence-corrected chi connectivity index (χ4v) is 5.84. The fourth-order valence-electron chi connectivity index (χ4n) is 4.91. The minimum absolute atomic E-state index is 0.0542. The number of nitrogens with zero attached hydrogens (tertiary/aromatic N) is 2. The van der Waals surface area contributed by atoms with E-state index in [2.05, 4.69) is 0 Å². The lowest BCUT2D eigenvalue weighted by Gasteiger charge is -2.23. The summed E-state index contributed by atoms with van der Waals surface area (Å²) in [6.07, 6.45) is 4.03. The lowest BCUT2D eigenvalue weighted by molar-refractivity contribution is 0.0687. The van der Waals surface area contributed by atoms with Gasteiger partial charge < -0.3 is 14.4 Å². The Kier molecular flexibility index (Phi) is 7.18. The monoisotopic (exact) mass is 538 g/mol. The van der Waals surface area contributed by atoms with Crippen molar-refractivity contribution >= 4 is 32.8 Å². The number of benzene rings is 2. The number of rotatable bonds is 10. The van der Waals surface area contributed by atoms with Crippen molar-refractivity contribution in [1.82, 2.24) is 9.30 Å². The van der Waals surface area contributed by atoms with Crippen LogP contribution in [0.2, 0.25) is 0 Å². The van der Waals surface area contributed by atoms with Crippen molar-refractivity contribution in [3.63, 3.8) is 0 Å². The summed E-state index contributed by atoms with van der Waals surface area (Å²) in [5.41, 5.74) is 3.68. The molecule has 1 saturated carbocycles. The molecule has 0 atom stereocenters. The molecule has 2 aromatic carbocycles. The van der Waals surface area contributed by atoms with E-state index in [1.54, 1.807) is 29.0 Å². The first kappa shape index (κ1) is 25.3. The SMILES string of the molecule is COCCN(CC1CC1)C(=O)c1cn2c(=O)c(-c3ccc(OCc4ccccc4)cc3)ccc2c2sccc12. The van der Waals surface area contributed by atoms with E-state index in [0.29, 0.717) is 36.8 Å². The second-order valence-corrected chi connectivity index (χ2v) is 10.9. The zero-order valence-corrected chi connectivity index (χ0v) is 22.7. The standard InChI is InChI=1S/C32H30N2O4S/c1-37-17-16-33(19-22-7-8-22)31(35)28-20-34-29(30-27(28)15-18-39-30)14-13-26(32(34)36)24-9-11-25(12-10-24)38-21-23-5-3-2-4-6-23/h2-6,9-15,18,20,22H,7-8,16-17,19,21H2,1H3. The van der Waals surface area contributed by atoms with Crippen molar-refractivity contribution in [2.75, 3.05) is 26.8 Å². The number of aromatic nitrogens is 1. The minimum Gasteiger partial charge on any atom is -0.489 e. The summed E-state index contributed by atoms with van der Waals surface area (Å²) in [7, 11) is 1.65. The van der Waals surface area contributed by atoms with Crippen LogP contribution in [0.4, 0.5) is 0 Å². The first-order valence-electron chi connectivity index (χ1n) is 13.2. The molecular formula is C32H30N2O4S. The van der Waals surface area contributed by atoms with Gasteiger partial charge in [0.25, 0.3) is 11.5 Å². The molecule has 0 unspecified atom stereocenters. The van der Waals surface area contributed by atoms with Gasteiger partial charge in [0.15, 0.2) is 0 Å². The van der Waals surface area contributed by atoms with Crippen molar-refractivity contribution in [3.8, 4) is 16.9 Å². The van der Waals surface area contributed by atoms with Crippen LogP contribution in [0.15, 0.2) is 89.2 Å². The number of carbonyl (C=O) groups is 1. The van der Waals surface area contributed by atoms with Crippen LogP contribution in [0.3, 0.4) is 0 Å². The molecule has 0 N–H and O–H groups in total. The van der Waals surface area contributed by atoms with Crippen molar-refractivity contribution in [2.45, 2.75) is 19.4 Å². The molecule has 1 fully saturated rings. The number of hydrogen-bond acceptors (Lipinski definition) is 5. The molecule has 0 aliphatic heterocycles. The molecule has 6 nitrogen and oxygen atoms in total. The van der Waals surface area contributed by atoms with E-state index >= 15 is 0 Å². The van der Waals surface area contributed by atoms with Crippen LogP contribution in [0.1, 0.15) is 28.8 Å². The molecule has 1 aliphatic carbocycles. The van der Waals surface area contributed by atoms with Gasteiger partial charge in [-0.3, -0.25) is 14.0 Å². The molecule has 5 aromatic rings. The third-order valence-electron chi connectivity index (χ3n) is 7.23. The molecule has 0 spiro atoms. The van der Waals surface area contributed by atoms with Gasteiger partial charge in [-0.2, -0.15) is 0 Å². The van der Waals surface area contributed by atoms with Crippen LogP contribution in [0, 0.1) is 5.92 Å². The smallest absolute Gasteiger partial charge is 0.263 e. The Hall–Kier alpha value is -3.94. The van der Waals surface area contributed by atoms with Crippen molar-refractivity contribution < 1.29 is 14.3 Å². The van der Waals surface area contributed by atoms with E-state index in [1.165, 1.54) is 0 Å². The van der Waals surface area contributed by atoms with Crippen LogP contribution < -0.4 is 10.3 Å². The minimum atomic E-state index is -0.152. The van der Waals surface area contributed by atoms with Gasteiger partial charge in [-0.1, -0.05) is 42.5 Å². The maximum atomic E-state index is 13.8. The molecule has 6 rings (SSSR count). The number of thiophene rings is 1. The number of ether oxygens (including phenoxy) is 2. The molecule has 0 saturated heterocycles. The largest absolute Gasteiger partial charge is 0.489 e. The highest BCUT2D eigenvalue weighted by Gasteiger charge is 2.28. The number of amides is 1. The van der Waals surface area contributed by atoms with Gasteiger partial charge in [0, 0.05) is 37.3 Å². The van der Waals surface area contributed by atoms with Gasteiger partial charge >= 0.3 is 0 Å². The number of fused-ring (bicyclic) bond motifs is 3. The maximum absolute atomic E-state index is 13.8. The van der Waals surface area contributed by atoms with Crippen LogP contribution in [0.25, 0.3) is 26.7 Å². The second-order valence-electron chi connectivity index (χ2n) is 10.00. The van der Waals surface area contributed by atoms with Crippen molar-refractivity contribution in [2.24, 2.45) is 5.92 Å². The highest BCUT2D eigenvalue weighted by molar-refractivity contribution is 7.18. The predicted octanol–water partition coefficient (Wildman–Crippen LogP) is 6.26. The van der Waals surface area contributed by atoms with Gasteiger partial charge in [-0.25, -0.2) is 0 Å². The Morgan fingerprint density at radius 3 is 2.56 bits per heavy atom. The van der Waals surface area contributed by atoms with Crippen LogP contribution >= 0.6 is 11.3 Å². The summed E-state index contributed by atoms with van der Waals surface area (Å²) in [5, 5.41) is 2.87. The number of methoxy groups -OCH3 is 1.